The number of nitrogens with zero attached hydrogens (tertiary/aromatic N) is 3. The third-order valence-electron chi connectivity index (χ3n) is 2.32. The molecule has 0 unspecified atom stereocenters. The molecule has 0 bridgehead atoms. The third kappa shape index (κ3) is 2.69. The molecule has 0 fully saturated rings. The Bertz CT molecular complexity index is 521. The second-order valence-electron chi connectivity index (χ2n) is 3.52. The van der Waals surface area contributed by atoms with Crippen LogP contribution in [0.1, 0.15) is 12.2 Å². The van der Waals surface area contributed by atoms with Crippen LogP contribution in [-0.2, 0) is 12.4 Å². The minimum Gasteiger partial charge on any atom is -0.311 e. The molecule has 0 aliphatic rings. The van der Waals surface area contributed by atoms with Gasteiger partial charge < -0.3 is 4.57 Å². The van der Waals surface area contributed by atoms with Gasteiger partial charge in [0.05, 0.1) is 12.3 Å². The lowest BCUT2D eigenvalue weighted by Crippen LogP contribution is -2.13. The lowest BCUT2D eigenvalue weighted by atomic mass is 10.4. The smallest absolute Gasteiger partial charge is 0.311 e. The van der Waals surface area contributed by atoms with E-state index in [9.17, 15) is 13.2 Å². The fourth-order valence-electron chi connectivity index (χ4n) is 1.58. The summed E-state index contributed by atoms with van der Waals surface area (Å²) >= 11 is 5.66. The number of aromatic nitrogens is 3. The highest BCUT2D eigenvalue weighted by atomic mass is 35.5. The molecule has 0 spiro atoms. The largest absolute Gasteiger partial charge is 0.390 e. The monoisotopic (exact) mass is 263 g/mol. The van der Waals surface area contributed by atoms with E-state index in [-0.39, 0.29) is 12.4 Å². The zero-order chi connectivity index (χ0) is 12.5. The number of hydrogen-bond acceptors (Lipinski definition) is 2. The zero-order valence-corrected chi connectivity index (χ0v) is 9.46. The van der Waals surface area contributed by atoms with Crippen LogP contribution < -0.4 is 0 Å². The van der Waals surface area contributed by atoms with E-state index in [0.29, 0.717) is 17.0 Å². The highest BCUT2D eigenvalue weighted by Gasteiger charge is 2.27. The van der Waals surface area contributed by atoms with E-state index in [0.717, 1.165) is 0 Å². The van der Waals surface area contributed by atoms with Gasteiger partial charge in [-0.25, -0.2) is 9.97 Å². The van der Waals surface area contributed by atoms with E-state index in [4.69, 9.17) is 11.6 Å². The summed E-state index contributed by atoms with van der Waals surface area (Å²) in [5.41, 5.74) is 0.998. The minimum absolute atomic E-state index is 0.0637. The highest BCUT2D eigenvalue weighted by Crippen LogP contribution is 2.23. The summed E-state index contributed by atoms with van der Waals surface area (Å²) in [4.78, 5) is 8.16. The second-order valence-corrected chi connectivity index (χ2v) is 3.79. The topological polar surface area (TPSA) is 30.7 Å². The zero-order valence-electron chi connectivity index (χ0n) is 8.71. The normalized spacial score (nSPS) is 12.2. The number of rotatable bonds is 3. The summed E-state index contributed by atoms with van der Waals surface area (Å²) < 4.78 is 38.0. The van der Waals surface area contributed by atoms with Crippen LogP contribution in [0.3, 0.4) is 0 Å². The van der Waals surface area contributed by atoms with Crippen LogP contribution in [0.4, 0.5) is 13.2 Å². The lowest BCUT2D eigenvalue weighted by Gasteiger charge is -2.09. The van der Waals surface area contributed by atoms with Crippen molar-refractivity contribution in [2.75, 3.05) is 0 Å². The maximum absolute atomic E-state index is 12.2. The van der Waals surface area contributed by atoms with Crippen molar-refractivity contribution in [2.24, 2.45) is 0 Å². The van der Waals surface area contributed by atoms with E-state index < -0.39 is 12.6 Å². The van der Waals surface area contributed by atoms with Crippen molar-refractivity contribution < 1.29 is 13.2 Å². The highest BCUT2D eigenvalue weighted by molar-refractivity contribution is 6.16. The number of alkyl halides is 4. The van der Waals surface area contributed by atoms with Crippen LogP contribution in [0, 0.1) is 0 Å². The number of halogens is 4. The van der Waals surface area contributed by atoms with Crippen molar-refractivity contribution in [3.05, 3.63) is 24.2 Å². The van der Waals surface area contributed by atoms with E-state index in [2.05, 4.69) is 9.97 Å². The predicted molar refractivity (Wildman–Crippen MR) is 57.8 cm³/mol. The SMILES string of the molecule is FC(F)(F)CCn1c(CCl)nc2cccnc21. The van der Waals surface area contributed by atoms with Crippen LogP contribution in [0.2, 0.25) is 0 Å². The Hall–Kier alpha value is -1.30. The first kappa shape index (κ1) is 12.2. The van der Waals surface area contributed by atoms with E-state index >= 15 is 0 Å². The molecule has 0 aromatic carbocycles. The van der Waals surface area contributed by atoms with Gasteiger partial charge in [-0.3, -0.25) is 0 Å². The first-order valence-electron chi connectivity index (χ1n) is 4.94. The third-order valence-corrected chi connectivity index (χ3v) is 2.56. The van der Waals surface area contributed by atoms with Crippen molar-refractivity contribution in [1.82, 2.24) is 14.5 Å². The molecule has 0 saturated heterocycles. The predicted octanol–water partition coefficient (Wildman–Crippen LogP) is 3.12. The van der Waals surface area contributed by atoms with E-state index in [1.807, 2.05) is 0 Å². The first-order valence-corrected chi connectivity index (χ1v) is 5.47. The van der Waals surface area contributed by atoms with Gasteiger partial charge in [0, 0.05) is 12.7 Å². The molecule has 17 heavy (non-hydrogen) atoms. The number of hydrogen-bond donors (Lipinski definition) is 0. The second kappa shape index (κ2) is 4.52. The number of imidazole rings is 1. The molecule has 0 atom stereocenters. The molecule has 0 aliphatic heterocycles. The standard InChI is InChI=1S/C10H9ClF3N3/c11-6-8-16-7-2-1-4-15-9(7)17(8)5-3-10(12,13)14/h1-2,4H,3,5-6H2. The molecule has 0 radical (unpaired) electrons. The van der Waals surface area contributed by atoms with Crippen LogP contribution in [0.5, 0.6) is 0 Å². The molecule has 0 aliphatic carbocycles. The summed E-state index contributed by atoms with van der Waals surface area (Å²) in [6, 6.07) is 3.38. The van der Waals surface area contributed by atoms with Gasteiger partial charge in [0.15, 0.2) is 5.65 Å². The molecule has 2 aromatic rings. The van der Waals surface area contributed by atoms with Gasteiger partial charge >= 0.3 is 6.18 Å². The maximum Gasteiger partial charge on any atom is 0.390 e. The van der Waals surface area contributed by atoms with Gasteiger partial charge in [-0.15, -0.1) is 11.6 Å². The summed E-state index contributed by atoms with van der Waals surface area (Å²) in [6.45, 7) is -0.209. The molecule has 3 nitrogen and oxygen atoms in total. The summed E-state index contributed by atoms with van der Waals surface area (Å²) in [6.07, 6.45) is -3.60. The molecule has 2 aromatic heterocycles. The summed E-state index contributed by atoms with van der Waals surface area (Å²) in [5, 5.41) is 0. The summed E-state index contributed by atoms with van der Waals surface area (Å²) in [5.74, 6) is 0.471. The van der Waals surface area contributed by atoms with Gasteiger partial charge in [0.25, 0.3) is 0 Å². The quantitative estimate of drug-likeness (QED) is 0.797. The minimum atomic E-state index is -4.20. The average molecular weight is 264 g/mol. The van der Waals surface area contributed by atoms with Gasteiger partial charge in [-0.1, -0.05) is 0 Å². The Morgan fingerprint density at radius 3 is 2.76 bits per heavy atom. The van der Waals surface area contributed by atoms with Gasteiger partial charge in [-0.05, 0) is 12.1 Å². The molecule has 0 amide bonds. The van der Waals surface area contributed by atoms with Crippen LogP contribution in [-0.4, -0.2) is 20.7 Å². The molecule has 2 rings (SSSR count). The molecular weight excluding hydrogens is 255 g/mol. The molecule has 2 heterocycles. The average Bonchev–Trinajstić information content (AvgIpc) is 2.63. The van der Waals surface area contributed by atoms with E-state index in [1.165, 1.54) is 10.8 Å². The number of pyridine rings is 1. The number of aryl methyl sites for hydroxylation is 1. The Kier molecular flexibility index (Phi) is 3.24. The molecule has 0 N–H and O–H groups in total. The van der Waals surface area contributed by atoms with E-state index in [1.54, 1.807) is 12.1 Å². The van der Waals surface area contributed by atoms with Gasteiger partial charge in [-0.2, -0.15) is 13.2 Å². The Labute approximate surface area is 100 Å². The van der Waals surface area contributed by atoms with Crippen LogP contribution >= 0.6 is 11.6 Å². The number of fused-ring (bicyclic) bond motifs is 1. The lowest BCUT2D eigenvalue weighted by molar-refractivity contribution is -0.136. The maximum atomic E-state index is 12.2. The van der Waals surface area contributed by atoms with Crippen molar-refractivity contribution in [3.8, 4) is 0 Å². The Morgan fingerprint density at radius 1 is 1.35 bits per heavy atom. The van der Waals surface area contributed by atoms with Crippen LogP contribution in [0.15, 0.2) is 18.3 Å². The van der Waals surface area contributed by atoms with Crippen molar-refractivity contribution in [3.63, 3.8) is 0 Å². The van der Waals surface area contributed by atoms with Gasteiger partial charge in [0.1, 0.15) is 11.3 Å². The molecule has 92 valence electrons. The van der Waals surface area contributed by atoms with Crippen molar-refractivity contribution in [2.45, 2.75) is 25.0 Å². The van der Waals surface area contributed by atoms with Crippen molar-refractivity contribution >= 4 is 22.8 Å². The fourth-order valence-corrected chi connectivity index (χ4v) is 1.78. The fraction of sp³-hybridized carbons (Fsp3) is 0.400. The van der Waals surface area contributed by atoms with Crippen LogP contribution in [0.25, 0.3) is 11.2 Å². The Morgan fingerprint density at radius 2 is 2.12 bits per heavy atom. The van der Waals surface area contributed by atoms with Crippen molar-refractivity contribution in [1.29, 1.82) is 0 Å². The summed E-state index contributed by atoms with van der Waals surface area (Å²) in [7, 11) is 0. The molecule has 0 saturated carbocycles. The molecule has 7 heteroatoms. The van der Waals surface area contributed by atoms with Gasteiger partial charge in [0.2, 0.25) is 0 Å². The molecular formula is C10H9ClF3N3. The first-order chi connectivity index (χ1) is 8.01. The Balaban J connectivity index is 2.37.